The summed E-state index contributed by atoms with van der Waals surface area (Å²) in [7, 11) is 0. The largest absolute Gasteiger partial charge is 0.367 e. The van der Waals surface area contributed by atoms with Crippen LogP contribution < -0.4 is 5.32 Å². The minimum Gasteiger partial charge on any atom is -0.367 e. The molecule has 4 rings (SSSR count). The maximum absolute atomic E-state index is 12.7. The van der Waals surface area contributed by atoms with E-state index in [0.717, 1.165) is 23.5 Å². The summed E-state index contributed by atoms with van der Waals surface area (Å²) in [5.41, 5.74) is 2.33. The van der Waals surface area contributed by atoms with Gasteiger partial charge < -0.3 is 9.64 Å². The van der Waals surface area contributed by atoms with E-state index < -0.39 is 0 Å². The quantitative estimate of drug-likeness (QED) is 0.786. The van der Waals surface area contributed by atoms with Crippen LogP contribution in [-0.4, -0.2) is 35.1 Å². The third kappa shape index (κ3) is 3.88. The van der Waals surface area contributed by atoms with Gasteiger partial charge in [-0.3, -0.25) is 5.32 Å². The van der Waals surface area contributed by atoms with E-state index in [1.807, 2.05) is 17.2 Å². The number of anilines is 1. The second kappa shape index (κ2) is 7.43. The van der Waals surface area contributed by atoms with Gasteiger partial charge in [0, 0.05) is 11.4 Å². The molecule has 25 heavy (non-hydrogen) atoms. The van der Waals surface area contributed by atoms with Crippen molar-refractivity contribution >= 4 is 33.8 Å². The van der Waals surface area contributed by atoms with Crippen molar-refractivity contribution in [2.45, 2.75) is 51.2 Å². The van der Waals surface area contributed by atoms with Crippen molar-refractivity contribution < 1.29 is 9.53 Å². The second-order valence-electron chi connectivity index (χ2n) is 6.78. The number of hydrogen-bond donors (Lipinski definition) is 1. The van der Waals surface area contributed by atoms with Gasteiger partial charge >= 0.3 is 6.03 Å². The van der Waals surface area contributed by atoms with Crippen LogP contribution in [0.5, 0.6) is 0 Å². The van der Waals surface area contributed by atoms with Crippen LogP contribution in [0.4, 0.5) is 9.93 Å². The zero-order chi connectivity index (χ0) is 17.2. The fourth-order valence-corrected chi connectivity index (χ4v) is 5.25. The monoisotopic (exact) mass is 377 g/mol. The third-order valence-electron chi connectivity index (χ3n) is 4.77. The van der Waals surface area contributed by atoms with Crippen LogP contribution >= 0.6 is 22.7 Å². The average molecular weight is 378 g/mol. The molecule has 7 heteroatoms. The summed E-state index contributed by atoms with van der Waals surface area (Å²) in [6, 6.07) is 2.00. The number of carbonyl (C=O) groups is 1. The lowest BCUT2D eigenvalue weighted by Crippen LogP contribution is -2.47. The Labute approximate surface area is 156 Å². The Hall–Kier alpha value is -1.44. The van der Waals surface area contributed by atoms with Crippen molar-refractivity contribution in [1.82, 2.24) is 9.88 Å². The van der Waals surface area contributed by atoms with Crippen LogP contribution in [0.15, 0.2) is 16.8 Å². The number of thiazole rings is 1. The number of hydrogen-bond acceptors (Lipinski definition) is 5. The summed E-state index contributed by atoms with van der Waals surface area (Å²) < 4.78 is 6.01. The maximum atomic E-state index is 12.7. The lowest BCUT2D eigenvalue weighted by atomic mass is 10.1. The first kappa shape index (κ1) is 17.0. The highest BCUT2D eigenvalue weighted by molar-refractivity contribution is 7.15. The Bertz CT molecular complexity index is 705. The van der Waals surface area contributed by atoms with E-state index in [1.54, 1.807) is 22.7 Å². The summed E-state index contributed by atoms with van der Waals surface area (Å²) in [5.74, 6) is 0. The Kier molecular flexibility index (Phi) is 5.05. The molecule has 5 nitrogen and oxygen atoms in total. The molecule has 2 atom stereocenters. The molecule has 1 fully saturated rings. The number of ether oxygens (including phenoxy) is 1. The van der Waals surface area contributed by atoms with Gasteiger partial charge in [0.2, 0.25) is 0 Å². The van der Waals surface area contributed by atoms with Gasteiger partial charge in [-0.25, -0.2) is 9.78 Å². The van der Waals surface area contributed by atoms with E-state index in [9.17, 15) is 4.79 Å². The predicted octanol–water partition coefficient (Wildman–Crippen LogP) is 4.47. The van der Waals surface area contributed by atoms with Crippen molar-refractivity contribution in [3.63, 3.8) is 0 Å². The normalized spacial score (nSPS) is 23.8. The van der Waals surface area contributed by atoms with E-state index in [4.69, 9.17) is 4.74 Å². The SMILES string of the molecule is C[C@H]1CN(C(=O)Nc2nc3c(s2)CCCCC3)C[C@@H](c2ccsc2)O1. The van der Waals surface area contributed by atoms with Gasteiger partial charge in [0.1, 0.15) is 6.10 Å². The van der Waals surface area contributed by atoms with E-state index in [1.165, 1.54) is 29.8 Å². The Morgan fingerprint density at radius 1 is 1.32 bits per heavy atom. The van der Waals surface area contributed by atoms with Crippen molar-refractivity contribution in [1.29, 1.82) is 0 Å². The highest BCUT2D eigenvalue weighted by Gasteiger charge is 2.30. The molecule has 0 radical (unpaired) electrons. The summed E-state index contributed by atoms with van der Waals surface area (Å²) >= 11 is 3.30. The van der Waals surface area contributed by atoms with Crippen LogP contribution in [-0.2, 0) is 17.6 Å². The molecule has 3 heterocycles. The van der Waals surface area contributed by atoms with Gasteiger partial charge in [-0.1, -0.05) is 6.42 Å². The standard InChI is InChI=1S/C18H23N3O2S2/c1-12-9-21(10-15(23-12)13-7-8-24-11-13)18(22)20-17-19-14-5-3-2-4-6-16(14)25-17/h7-8,11-12,15H,2-6,9-10H2,1H3,(H,19,20,22)/t12-,15-/m0/s1. The van der Waals surface area contributed by atoms with E-state index in [0.29, 0.717) is 13.1 Å². The molecule has 0 aromatic carbocycles. The second-order valence-corrected chi connectivity index (χ2v) is 8.64. The number of thiophene rings is 1. The molecule has 2 aliphatic rings. The van der Waals surface area contributed by atoms with E-state index in [-0.39, 0.29) is 18.2 Å². The van der Waals surface area contributed by atoms with Crippen LogP contribution in [0.1, 0.15) is 48.4 Å². The smallest absolute Gasteiger partial charge is 0.323 e. The van der Waals surface area contributed by atoms with Crippen LogP contribution in [0, 0.1) is 0 Å². The van der Waals surface area contributed by atoms with Gasteiger partial charge in [-0.05, 0) is 55.0 Å². The summed E-state index contributed by atoms with van der Waals surface area (Å²) in [4.78, 5) is 20.6. The van der Waals surface area contributed by atoms with Gasteiger partial charge in [0.05, 0.1) is 18.3 Å². The molecule has 1 saturated heterocycles. The van der Waals surface area contributed by atoms with Gasteiger partial charge in [0.15, 0.2) is 5.13 Å². The number of aryl methyl sites for hydroxylation is 2. The van der Waals surface area contributed by atoms with Crippen molar-refractivity contribution in [3.8, 4) is 0 Å². The molecular formula is C18H23N3O2S2. The molecule has 1 aliphatic heterocycles. The number of aromatic nitrogens is 1. The first-order valence-electron chi connectivity index (χ1n) is 8.91. The number of amides is 2. The molecule has 0 saturated carbocycles. The first-order valence-corrected chi connectivity index (χ1v) is 10.7. The highest BCUT2D eigenvalue weighted by atomic mass is 32.1. The van der Waals surface area contributed by atoms with E-state index >= 15 is 0 Å². The summed E-state index contributed by atoms with van der Waals surface area (Å²) in [5, 5.41) is 7.90. The van der Waals surface area contributed by atoms with Gasteiger partial charge in [0.25, 0.3) is 0 Å². The lowest BCUT2D eigenvalue weighted by molar-refractivity contribution is -0.0640. The molecule has 1 N–H and O–H groups in total. The van der Waals surface area contributed by atoms with Gasteiger partial charge in [-0.2, -0.15) is 11.3 Å². The lowest BCUT2D eigenvalue weighted by Gasteiger charge is -2.36. The molecule has 2 aromatic heterocycles. The number of nitrogens with one attached hydrogen (secondary N) is 1. The summed E-state index contributed by atoms with van der Waals surface area (Å²) in [6.07, 6.45) is 5.82. The van der Waals surface area contributed by atoms with Gasteiger partial charge in [-0.15, -0.1) is 11.3 Å². The number of nitrogens with zero attached hydrogens (tertiary/aromatic N) is 2. The molecule has 2 amide bonds. The minimum atomic E-state index is -0.0701. The minimum absolute atomic E-state index is 0.0254. The Morgan fingerprint density at radius 2 is 2.20 bits per heavy atom. The predicted molar refractivity (Wildman–Crippen MR) is 102 cm³/mol. The van der Waals surface area contributed by atoms with Crippen molar-refractivity contribution in [2.75, 3.05) is 18.4 Å². The fraction of sp³-hybridized carbons (Fsp3) is 0.556. The summed E-state index contributed by atoms with van der Waals surface area (Å²) in [6.45, 7) is 3.21. The molecule has 0 unspecified atom stereocenters. The zero-order valence-corrected chi connectivity index (χ0v) is 16.0. The molecule has 0 bridgehead atoms. The molecule has 2 aromatic rings. The number of morpholine rings is 1. The third-order valence-corrected chi connectivity index (χ3v) is 6.55. The Balaban J connectivity index is 1.43. The van der Waals surface area contributed by atoms with Crippen LogP contribution in [0.2, 0.25) is 0 Å². The molecule has 134 valence electrons. The van der Waals surface area contributed by atoms with Crippen LogP contribution in [0.25, 0.3) is 0 Å². The topological polar surface area (TPSA) is 54.5 Å². The average Bonchev–Trinajstić information content (AvgIpc) is 3.20. The molecular weight excluding hydrogens is 354 g/mol. The molecule has 0 spiro atoms. The number of urea groups is 1. The molecule has 1 aliphatic carbocycles. The van der Waals surface area contributed by atoms with E-state index in [2.05, 4.69) is 21.7 Å². The fourth-order valence-electron chi connectivity index (χ4n) is 3.51. The Morgan fingerprint density at radius 3 is 3.04 bits per heavy atom. The number of rotatable bonds is 2. The highest BCUT2D eigenvalue weighted by Crippen LogP contribution is 2.30. The number of fused-ring (bicyclic) bond motifs is 1. The van der Waals surface area contributed by atoms with Crippen LogP contribution in [0.3, 0.4) is 0 Å². The first-order chi connectivity index (χ1) is 12.2. The zero-order valence-electron chi connectivity index (χ0n) is 14.4. The van der Waals surface area contributed by atoms with Crippen molar-refractivity contribution in [3.05, 3.63) is 33.0 Å². The maximum Gasteiger partial charge on any atom is 0.323 e. The van der Waals surface area contributed by atoms with Crippen molar-refractivity contribution in [2.24, 2.45) is 0 Å². The number of carbonyl (C=O) groups excluding carboxylic acids is 1.